The van der Waals surface area contributed by atoms with E-state index >= 15 is 0 Å². The molecule has 4 rings (SSSR count). The van der Waals surface area contributed by atoms with E-state index in [9.17, 15) is 19.2 Å². The van der Waals surface area contributed by atoms with Crippen molar-refractivity contribution in [2.24, 2.45) is 16.8 Å². The molecule has 1 aliphatic heterocycles. The number of aromatic nitrogens is 1. The molecule has 0 spiro atoms. The van der Waals surface area contributed by atoms with E-state index in [0.717, 1.165) is 31.2 Å². The third-order valence-electron chi connectivity index (χ3n) is 6.18. The number of thiazole rings is 1. The lowest BCUT2D eigenvalue weighted by Crippen LogP contribution is -2.33. The van der Waals surface area contributed by atoms with Crippen molar-refractivity contribution in [3.63, 3.8) is 0 Å². The maximum absolute atomic E-state index is 12.5. The molecule has 2 aliphatic rings. The van der Waals surface area contributed by atoms with Gasteiger partial charge in [-0.1, -0.05) is 42.7 Å². The number of carbonyl (C=O) groups is 4. The summed E-state index contributed by atoms with van der Waals surface area (Å²) in [5.74, 6) is -2.03. The number of rotatable bonds is 7. The maximum atomic E-state index is 12.5. The van der Waals surface area contributed by atoms with Crippen LogP contribution in [0, 0.1) is 18.8 Å². The van der Waals surface area contributed by atoms with Gasteiger partial charge in [-0.15, -0.1) is 11.3 Å². The van der Waals surface area contributed by atoms with E-state index in [-0.39, 0.29) is 36.6 Å². The Bertz CT molecular complexity index is 1090. The van der Waals surface area contributed by atoms with Crippen molar-refractivity contribution in [2.45, 2.75) is 45.6 Å². The number of imide groups is 1. The Morgan fingerprint density at radius 2 is 1.76 bits per heavy atom. The molecule has 33 heavy (non-hydrogen) atoms. The average molecular weight is 470 g/mol. The molecule has 0 radical (unpaired) electrons. The van der Waals surface area contributed by atoms with Crippen LogP contribution in [0.1, 0.15) is 43.2 Å². The average Bonchev–Trinajstić information content (AvgIpc) is 3.34. The van der Waals surface area contributed by atoms with Gasteiger partial charge in [-0.2, -0.15) is 4.99 Å². The second-order valence-corrected chi connectivity index (χ2v) is 9.41. The number of amides is 3. The van der Waals surface area contributed by atoms with Gasteiger partial charge >= 0.3 is 5.97 Å². The number of hydrogen-bond acceptors (Lipinski definition) is 6. The summed E-state index contributed by atoms with van der Waals surface area (Å²) in [7, 11) is 0. The van der Waals surface area contributed by atoms with Crippen LogP contribution in [0.5, 0.6) is 0 Å². The van der Waals surface area contributed by atoms with Crippen LogP contribution < -0.4 is 4.80 Å². The third kappa shape index (κ3) is 5.47. The highest BCUT2D eigenvalue weighted by molar-refractivity contribution is 7.07. The molecule has 1 saturated heterocycles. The molecule has 2 atom stereocenters. The first-order chi connectivity index (χ1) is 15.9. The molecular formula is C24H27N3O5S. The van der Waals surface area contributed by atoms with E-state index in [1.165, 1.54) is 21.8 Å². The van der Waals surface area contributed by atoms with Gasteiger partial charge in [0, 0.05) is 24.7 Å². The quantitative estimate of drug-likeness (QED) is 0.458. The Kier molecular flexibility index (Phi) is 7.17. The second-order valence-electron chi connectivity index (χ2n) is 8.54. The fourth-order valence-corrected chi connectivity index (χ4v) is 5.15. The predicted octanol–water partition coefficient (Wildman–Crippen LogP) is 2.44. The summed E-state index contributed by atoms with van der Waals surface area (Å²) in [6.07, 6.45) is 5.10. The van der Waals surface area contributed by atoms with Gasteiger partial charge in [-0.3, -0.25) is 24.1 Å². The molecule has 0 bridgehead atoms. The molecule has 9 heteroatoms. The van der Waals surface area contributed by atoms with Gasteiger partial charge in [-0.05, 0) is 25.3 Å². The summed E-state index contributed by atoms with van der Waals surface area (Å²) in [5, 5.41) is 1.84. The van der Waals surface area contributed by atoms with Gasteiger partial charge in [0.2, 0.25) is 11.8 Å². The van der Waals surface area contributed by atoms with Crippen LogP contribution in [0.2, 0.25) is 0 Å². The van der Waals surface area contributed by atoms with E-state index in [0.29, 0.717) is 11.3 Å². The predicted molar refractivity (Wildman–Crippen MR) is 121 cm³/mol. The SMILES string of the molecule is Cc1ccc(Cn2ccsc2=NC(=O)COC(=O)CCN2C(=O)[C@@H]3CCCC[C@H]3C2=O)cc1. The van der Waals surface area contributed by atoms with Crippen molar-refractivity contribution in [3.05, 3.63) is 51.8 Å². The normalized spacial score (nSPS) is 20.8. The van der Waals surface area contributed by atoms with Crippen molar-refractivity contribution in [1.82, 2.24) is 9.47 Å². The highest BCUT2D eigenvalue weighted by Gasteiger charge is 2.47. The van der Waals surface area contributed by atoms with Crippen molar-refractivity contribution in [1.29, 1.82) is 0 Å². The number of hydrogen-bond donors (Lipinski definition) is 0. The first-order valence-electron chi connectivity index (χ1n) is 11.2. The molecule has 1 aromatic carbocycles. The standard InChI is InChI=1S/C24H27N3O5S/c1-16-6-8-17(9-7-16)14-26-12-13-33-24(26)25-20(28)15-32-21(29)10-11-27-22(30)18-4-2-3-5-19(18)23(27)31/h6-9,12-13,18-19H,2-5,10-11,14-15H2,1H3/t18-,19-/m1/s1. The zero-order valence-corrected chi connectivity index (χ0v) is 19.4. The summed E-state index contributed by atoms with van der Waals surface area (Å²) in [4.78, 5) is 55.0. The van der Waals surface area contributed by atoms with Crippen LogP contribution >= 0.6 is 11.3 Å². The molecular weight excluding hydrogens is 442 g/mol. The number of nitrogens with zero attached hydrogens (tertiary/aromatic N) is 3. The Morgan fingerprint density at radius 3 is 2.42 bits per heavy atom. The van der Waals surface area contributed by atoms with Crippen LogP contribution in [-0.4, -0.2) is 46.3 Å². The molecule has 174 valence electrons. The van der Waals surface area contributed by atoms with Gasteiger partial charge < -0.3 is 9.30 Å². The number of fused-ring (bicyclic) bond motifs is 1. The fourth-order valence-electron chi connectivity index (χ4n) is 4.41. The zero-order valence-electron chi connectivity index (χ0n) is 18.6. The van der Waals surface area contributed by atoms with Crippen LogP contribution in [0.25, 0.3) is 0 Å². The van der Waals surface area contributed by atoms with E-state index in [1.54, 1.807) is 0 Å². The Labute approximate surface area is 195 Å². The Balaban J connectivity index is 1.27. The Morgan fingerprint density at radius 1 is 1.09 bits per heavy atom. The van der Waals surface area contributed by atoms with Crippen molar-refractivity contribution >= 4 is 35.0 Å². The molecule has 1 aliphatic carbocycles. The third-order valence-corrected chi connectivity index (χ3v) is 6.98. The zero-order chi connectivity index (χ0) is 23.4. The second kappa shape index (κ2) is 10.2. The number of esters is 1. The monoisotopic (exact) mass is 469 g/mol. The molecule has 2 heterocycles. The number of carbonyl (C=O) groups excluding carboxylic acids is 4. The number of aryl methyl sites for hydroxylation is 1. The van der Waals surface area contributed by atoms with Crippen LogP contribution in [0.15, 0.2) is 40.8 Å². The van der Waals surface area contributed by atoms with Crippen LogP contribution in [0.3, 0.4) is 0 Å². The minimum absolute atomic E-state index is 0.00366. The first-order valence-corrected chi connectivity index (χ1v) is 12.1. The number of likely N-dealkylation sites (tertiary alicyclic amines) is 1. The lowest BCUT2D eigenvalue weighted by Gasteiger charge is -2.19. The summed E-state index contributed by atoms with van der Waals surface area (Å²) >= 11 is 1.33. The lowest BCUT2D eigenvalue weighted by atomic mass is 9.81. The molecule has 8 nitrogen and oxygen atoms in total. The van der Waals surface area contributed by atoms with Gasteiger partial charge in [-0.25, -0.2) is 0 Å². The topological polar surface area (TPSA) is 98.0 Å². The highest BCUT2D eigenvalue weighted by Crippen LogP contribution is 2.37. The minimum Gasteiger partial charge on any atom is -0.455 e. The largest absolute Gasteiger partial charge is 0.455 e. The maximum Gasteiger partial charge on any atom is 0.308 e. The molecule has 2 aromatic rings. The lowest BCUT2D eigenvalue weighted by molar-refractivity contribution is -0.149. The van der Waals surface area contributed by atoms with Gasteiger partial charge in [0.05, 0.1) is 18.3 Å². The molecule has 3 amide bonds. The van der Waals surface area contributed by atoms with Crippen LogP contribution in [-0.2, 0) is 30.5 Å². The van der Waals surface area contributed by atoms with Crippen molar-refractivity contribution in [3.8, 4) is 0 Å². The summed E-state index contributed by atoms with van der Waals surface area (Å²) in [6, 6.07) is 8.11. The molecule has 0 unspecified atom stereocenters. The molecule has 2 fully saturated rings. The fraction of sp³-hybridized carbons (Fsp3) is 0.458. The van der Waals surface area contributed by atoms with Gasteiger partial charge in [0.15, 0.2) is 11.4 Å². The van der Waals surface area contributed by atoms with E-state index in [1.807, 2.05) is 47.3 Å². The highest BCUT2D eigenvalue weighted by atomic mass is 32.1. The number of ether oxygens (including phenoxy) is 1. The van der Waals surface area contributed by atoms with E-state index in [4.69, 9.17) is 4.74 Å². The van der Waals surface area contributed by atoms with Gasteiger partial charge in [0.1, 0.15) is 0 Å². The molecule has 1 saturated carbocycles. The van der Waals surface area contributed by atoms with E-state index < -0.39 is 18.5 Å². The van der Waals surface area contributed by atoms with Crippen LogP contribution in [0.4, 0.5) is 0 Å². The Hall–Kier alpha value is -3.07. The molecule has 0 N–H and O–H groups in total. The summed E-state index contributed by atoms with van der Waals surface area (Å²) in [5.41, 5.74) is 2.26. The minimum atomic E-state index is -0.632. The molecule has 1 aromatic heterocycles. The van der Waals surface area contributed by atoms with Crippen molar-refractivity contribution < 1.29 is 23.9 Å². The van der Waals surface area contributed by atoms with E-state index in [2.05, 4.69) is 4.99 Å². The van der Waals surface area contributed by atoms with Gasteiger partial charge in [0.25, 0.3) is 5.91 Å². The smallest absolute Gasteiger partial charge is 0.308 e. The number of benzene rings is 1. The summed E-state index contributed by atoms with van der Waals surface area (Å²) < 4.78 is 6.90. The first kappa shape index (κ1) is 23.1. The van der Waals surface area contributed by atoms with Crippen molar-refractivity contribution in [2.75, 3.05) is 13.2 Å². The summed E-state index contributed by atoms with van der Waals surface area (Å²) in [6.45, 7) is 2.12.